The number of hydrogen-bond acceptors (Lipinski definition) is 1. The van der Waals surface area contributed by atoms with Gasteiger partial charge < -0.3 is 5.32 Å². The molecule has 1 atom stereocenters. The van der Waals surface area contributed by atoms with Crippen molar-refractivity contribution in [3.05, 3.63) is 47.5 Å². The standard InChI is InChI=1S/C16H21NO/c1-5-15(18)17-14-9-7-11-6-8-12(10-13(11)14)16(2,3)4/h5-6,8,10,14H,1,7,9H2,2-4H3,(H,17,18)/t14-/m0/s1. The fourth-order valence-electron chi connectivity index (χ4n) is 2.45. The summed E-state index contributed by atoms with van der Waals surface area (Å²) in [5, 5.41) is 3.01. The molecule has 1 aliphatic rings. The molecule has 0 saturated heterocycles. The van der Waals surface area contributed by atoms with Crippen molar-refractivity contribution in [1.82, 2.24) is 5.32 Å². The van der Waals surface area contributed by atoms with Crippen molar-refractivity contribution in [2.24, 2.45) is 0 Å². The summed E-state index contributed by atoms with van der Waals surface area (Å²) in [4.78, 5) is 11.4. The van der Waals surface area contributed by atoms with E-state index in [2.05, 4.69) is 50.9 Å². The molecule has 1 aromatic carbocycles. The summed E-state index contributed by atoms with van der Waals surface area (Å²) in [5.41, 5.74) is 4.10. The highest BCUT2D eigenvalue weighted by molar-refractivity contribution is 5.87. The molecule has 0 aliphatic heterocycles. The average Bonchev–Trinajstić information content (AvgIpc) is 2.70. The quantitative estimate of drug-likeness (QED) is 0.794. The van der Waals surface area contributed by atoms with E-state index in [4.69, 9.17) is 0 Å². The van der Waals surface area contributed by atoms with Crippen molar-refractivity contribution >= 4 is 5.91 Å². The van der Waals surface area contributed by atoms with Crippen LogP contribution in [0.3, 0.4) is 0 Å². The second-order valence-corrected chi connectivity index (χ2v) is 5.97. The van der Waals surface area contributed by atoms with Gasteiger partial charge in [-0.1, -0.05) is 45.5 Å². The van der Waals surface area contributed by atoms with E-state index in [0.717, 1.165) is 12.8 Å². The lowest BCUT2D eigenvalue weighted by Gasteiger charge is -2.21. The van der Waals surface area contributed by atoms with Gasteiger partial charge in [0.2, 0.25) is 5.91 Å². The van der Waals surface area contributed by atoms with E-state index in [9.17, 15) is 4.79 Å². The van der Waals surface area contributed by atoms with Crippen LogP contribution in [0.4, 0.5) is 0 Å². The Morgan fingerprint density at radius 2 is 2.17 bits per heavy atom. The highest BCUT2D eigenvalue weighted by atomic mass is 16.1. The molecule has 18 heavy (non-hydrogen) atoms. The number of aryl methyl sites for hydroxylation is 1. The highest BCUT2D eigenvalue weighted by Gasteiger charge is 2.25. The van der Waals surface area contributed by atoms with E-state index in [-0.39, 0.29) is 17.4 Å². The first kappa shape index (κ1) is 12.9. The van der Waals surface area contributed by atoms with Crippen molar-refractivity contribution in [2.45, 2.75) is 45.1 Å². The first-order valence-electron chi connectivity index (χ1n) is 6.48. The van der Waals surface area contributed by atoms with E-state index in [1.165, 1.54) is 22.8 Å². The van der Waals surface area contributed by atoms with Crippen LogP contribution in [0.1, 0.15) is 49.9 Å². The normalized spacial score (nSPS) is 18.3. The van der Waals surface area contributed by atoms with Crippen molar-refractivity contribution in [3.63, 3.8) is 0 Å². The molecule has 0 heterocycles. The van der Waals surface area contributed by atoms with Crippen LogP contribution < -0.4 is 5.32 Å². The van der Waals surface area contributed by atoms with Crippen LogP contribution >= 0.6 is 0 Å². The zero-order valence-corrected chi connectivity index (χ0v) is 11.4. The minimum absolute atomic E-state index is 0.0889. The fraction of sp³-hybridized carbons (Fsp3) is 0.438. The lowest BCUT2D eigenvalue weighted by molar-refractivity contribution is -0.117. The molecule has 0 spiro atoms. The second kappa shape index (κ2) is 4.60. The topological polar surface area (TPSA) is 29.1 Å². The predicted molar refractivity (Wildman–Crippen MR) is 74.5 cm³/mol. The maximum absolute atomic E-state index is 11.4. The van der Waals surface area contributed by atoms with E-state index < -0.39 is 0 Å². The Bertz CT molecular complexity index is 482. The molecule has 1 N–H and O–H groups in total. The Morgan fingerprint density at radius 3 is 2.78 bits per heavy atom. The highest BCUT2D eigenvalue weighted by Crippen LogP contribution is 2.34. The van der Waals surface area contributed by atoms with E-state index in [0.29, 0.717) is 0 Å². The van der Waals surface area contributed by atoms with E-state index in [1.807, 2.05) is 0 Å². The van der Waals surface area contributed by atoms with E-state index in [1.54, 1.807) is 0 Å². The Kier molecular flexibility index (Phi) is 3.29. The molecule has 0 aromatic heterocycles. The Morgan fingerprint density at radius 1 is 1.44 bits per heavy atom. The lowest BCUT2D eigenvalue weighted by Crippen LogP contribution is -2.25. The Labute approximate surface area is 109 Å². The zero-order chi connectivity index (χ0) is 13.3. The van der Waals surface area contributed by atoms with Gasteiger partial charge in [0.15, 0.2) is 0 Å². The third-order valence-corrected chi connectivity index (χ3v) is 3.59. The maximum atomic E-state index is 11.4. The van der Waals surface area contributed by atoms with Crippen molar-refractivity contribution in [3.8, 4) is 0 Å². The van der Waals surface area contributed by atoms with Crippen molar-refractivity contribution in [1.29, 1.82) is 0 Å². The number of benzene rings is 1. The first-order chi connectivity index (χ1) is 8.41. The van der Waals surface area contributed by atoms with Gasteiger partial charge in [-0.25, -0.2) is 0 Å². The van der Waals surface area contributed by atoms with Crippen LogP contribution in [0, 0.1) is 0 Å². The summed E-state index contributed by atoms with van der Waals surface area (Å²) >= 11 is 0. The van der Waals surface area contributed by atoms with Gasteiger partial charge in [-0.2, -0.15) is 0 Å². The van der Waals surface area contributed by atoms with Gasteiger partial charge in [0.1, 0.15) is 0 Å². The van der Waals surface area contributed by atoms with Gasteiger partial charge in [0.05, 0.1) is 6.04 Å². The summed E-state index contributed by atoms with van der Waals surface area (Å²) in [6.07, 6.45) is 3.37. The number of rotatable bonds is 2. The van der Waals surface area contributed by atoms with Gasteiger partial charge in [-0.15, -0.1) is 0 Å². The molecule has 1 amide bonds. The molecule has 1 aliphatic carbocycles. The summed E-state index contributed by atoms with van der Waals surface area (Å²) in [6, 6.07) is 6.80. The van der Waals surface area contributed by atoms with Crippen LogP contribution in [-0.2, 0) is 16.6 Å². The molecular formula is C16H21NO. The molecule has 2 heteroatoms. The molecule has 0 unspecified atom stereocenters. The molecule has 96 valence electrons. The summed E-state index contributed by atoms with van der Waals surface area (Å²) in [7, 11) is 0. The molecule has 2 nitrogen and oxygen atoms in total. The largest absolute Gasteiger partial charge is 0.346 e. The predicted octanol–water partition coefficient (Wildman–Crippen LogP) is 3.27. The Hall–Kier alpha value is -1.57. The minimum atomic E-state index is -0.0889. The smallest absolute Gasteiger partial charge is 0.243 e. The second-order valence-electron chi connectivity index (χ2n) is 5.97. The molecule has 0 radical (unpaired) electrons. The summed E-state index contributed by atoms with van der Waals surface area (Å²) in [6.45, 7) is 10.1. The van der Waals surface area contributed by atoms with Crippen LogP contribution in [0.5, 0.6) is 0 Å². The molecule has 1 aromatic rings. The average molecular weight is 243 g/mol. The number of nitrogens with one attached hydrogen (secondary N) is 1. The van der Waals surface area contributed by atoms with Crippen molar-refractivity contribution < 1.29 is 4.79 Å². The molecule has 0 saturated carbocycles. The minimum Gasteiger partial charge on any atom is -0.346 e. The third kappa shape index (κ3) is 2.47. The number of carbonyl (C=O) groups excluding carboxylic acids is 1. The molecular weight excluding hydrogens is 222 g/mol. The molecule has 0 bridgehead atoms. The van der Waals surface area contributed by atoms with Gasteiger partial charge >= 0.3 is 0 Å². The maximum Gasteiger partial charge on any atom is 0.243 e. The van der Waals surface area contributed by atoms with Crippen LogP contribution in [0.25, 0.3) is 0 Å². The van der Waals surface area contributed by atoms with Crippen LogP contribution in [0.2, 0.25) is 0 Å². The Balaban J connectivity index is 2.30. The van der Waals surface area contributed by atoms with Gasteiger partial charge in [0, 0.05) is 0 Å². The lowest BCUT2D eigenvalue weighted by atomic mass is 9.85. The van der Waals surface area contributed by atoms with Crippen molar-refractivity contribution in [2.75, 3.05) is 0 Å². The zero-order valence-electron chi connectivity index (χ0n) is 11.4. The monoisotopic (exact) mass is 243 g/mol. The number of carbonyl (C=O) groups is 1. The fourth-order valence-corrected chi connectivity index (χ4v) is 2.45. The number of hydrogen-bond donors (Lipinski definition) is 1. The van der Waals surface area contributed by atoms with Gasteiger partial charge in [-0.3, -0.25) is 4.79 Å². The SMILES string of the molecule is C=CC(=O)N[C@H]1CCc2ccc(C(C)(C)C)cc21. The molecule has 2 rings (SSSR count). The third-order valence-electron chi connectivity index (χ3n) is 3.59. The van der Waals surface area contributed by atoms with Crippen LogP contribution in [-0.4, -0.2) is 5.91 Å². The number of fused-ring (bicyclic) bond motifs is 1. The summed E-state index contributed by atoms with van der Waals surface area (Å²) < 4.78 is 0. The first-order valence-corrected chi connectivity index (χ1v) is 6.48. The number of amides is 1. The van der Waals surface area contributed by atoms with Gasteiger partial charge in [0.25, 0.3) is 0 Å². The van der Waals surface area contributed by atoms with Crippen LogP contribution in [0.15, 0.2) is 30.9 Å². The molecule has 0 fully saturated rings. The van der Waals surface area contributed by atoms with E-state index >= 15 is 0 Å². The van der Waals surface area contributed by atoms with Gasteiger partial charge in [-0.05, 0) is 41.0 Å². The summed E-state index contributed by atoms with van der Waals surface area (Å²) in [5.74, 6) is -0.0889.